The summed E-state index contributed by atoms with van der Waals surface area (Å²) in [7, 11) is 0. The van der Waals surface area contributed by atoms with Crippen molar-refractivity contribution in [2.45, 2.75) is 5.50 Å². The summed E-state index contributed by atoms with van der Waals surface area (Å²) < 4.78 is 2.17. The van der Waals surface area contributed by atoms with Crippen LogP contribution in [-0.2, 0) is 0 Å². The minimum Gasteiger partial charge on any atom is -0.262 e. The summed E-state index contributed by atoms with van der Waals surface area (Å²) in [5.41, 5.74) is 0.165. The van der Waals surface area contributed by atoms with Crippen LogP contribution in [0.4, 0.5) is 5.69 Å². The third-order valence-corrected chi connectivity index (χ3v) is 3.92. The summed E-state index contributed by atoms with van der Waals surface area (Å²) >= 11 is 9.25. The molecule has 23 heavy (non-hydrogen) atoms. The molecule has 1 atom stereocenters. The van der Waals surface area contributed by atoms with Gasteiger partial charge in [-0.15, -0.1) is 5.10 Å². The number of nitrogens with zero attached hydrogens (tertiary/aromatic N) is 5. The molecule has 0 aliphatic carbocycles. The number of benzene rings is 2. The Labute approximate surface area is 143 Å². The smallest absolute Gasteiger partial charge is 0.262 e. The predicted octanol–water partition coefficient (Wildman–Crippen LogP) is 3.61. The van der Waals surface area contributed by atoms with Crippen LogP contribution in [0.5, 0.6) is 0 Å². The molecule has 7 nitrogen and oxygen atoms in total. The number of rotatable bonds is 3. The Kier molecular flexibility index (Phi) is 4.35. The number of hydrogen-bond donors (Lipinski definition) is 0. The number of nitro groups is 1. The first-order valence-corrected chi connectivity index (χ1v) is 7.72. The molecule has 116 valence electrons. The quantitative estimate of drug-likeness (QED) is 0.170. The van der Waals surface area contributed by atoms with Gasteiger partial charge in [-0.1, -0.05) is 33.3 Å². The van der Waals surface area contributed by atoms with Gasteiger partial charge in [0.25, 0.3) is 0 Å². The van der Waals surface area contributed by atoms with Gasteiger partial charge in [-0.05, 0) is 48.0 Å². The fraction of sp³-hybridized carbons (Fsp3) is 0.0714. The van der Waals surface area contributed by atoms with E-state index < -0.39 is 10.4 Å². The Morgan fingerprint density at radius 2 is 1.96 bits per heavy atom. The van der Waals surface area contributed by atoms with E-state index in [1.807, 2.05) is 0 Å². The van der Waals surface area contributed by atoms with E-state index in [1.54, 1.807) is 48.5 Å². The highest BCUT2D eigenvalue weighted by Crippen LogP contribution is 2.20. The molecule has 0 N–H and O–H groups in total. The van der Waals surface area contributed by atoms with E-state index in [9.17, 15) is 10.1 Å². The van der Waals surface area contributed by atoms with Crippen LogP contribution in [0.15, 0.2) is 58.0 Å². The second-order valence-corrected chi connectivity index (χ2v) is 5.89. The number of hydrogen-bond acceptors (Lipinski definition) is 5. The summed E-state index contributed by atoms with van der Waals surface area (Å²) in [5.74, 6) is -0.0207. The lowest BCUT2D eigenvalue weighted by Crippen LogP contribution is -2.30. The van der Waals surface area contributed by atoms with Crippen molar-refractivity contribution in [2.75, 3.05) is 0 Å². The normalized spacial score (nSPS) is 13.2. The standard InChI is InChI=1S/C14H9BrClN5O2/c15-9-5-7-10(8-6-9)17-14(13(16)21(22)23)20-12-4-2-1-3-11(12)18-19-20/h1-8,13H/t13-/m1/s1. The summed E-state index contributed by atoms with van der Waals surface area (Å²) in [4.78, 5) is 14.8. The molecule has 0 unspecified atom stereocenters. The molecule has 0 bridgehead atoms. The van der Waals surface area contributed by atoms with Crippen molar-refractivity contribution in [3.8, 4) is 0 Å². The Morgan fingerprint density at radius 3 is 2.65 bits per heavy atom. The zero-order valence-corrected chi connectivity index (χ0v) is 13.8. The maximum atomic E-state index is 11.1. The van der Waals surface area contributed by atoms with Crippen molar-refractivity contribution in [1.29, 1.82) is 0 Å². The van der Waals surface area contributed by atoms with Crippen LogP contribution in [-0.4, -0.2) is 31.3 Å². The third-order valence-electron chi connectivity index (χ3n) is 3.04. The molecule has 0 aliphatic heterocycles. The first-order chi connectivity index (χ1) is 11.1. The molecule has 0 amide bonds. The zero-order chi connectivity index (χ0) is 16.4. The molecule has 3 rings (SSSR count). The van der Waals surface area contributed by atoms with E-state index in [2.05, 4.69) is 31.2 Å². The first kappa shape index (κ1) is 15.6. The largest absolute Gasteiger partial charge is 0.345 e. The van der Waals surface area contributed by atoms with Crippen LogP contribution in [0.3, 0.4) is 0 Å². The van der Waals surface area contributed by atoms with Crippen LogP contribution in [0.1, 0.15) is 0 Å². The fourth-order valence-corrected chi connectivity index (χ4v) is 2.39. The molecule has 0 spiro atoms. The van der Waals surface area contributed by atoms with Crippen molar-refractivity contribution in [1.82, 2.24) is 15.0 Å². The lowest BCUT2D eigenvalue weighted by atomic mass is 10.3. The first-order valence-electron chi connectivity index (χ1n) is 6.49. The van der Waals surface area contributed by atoms with Gasteiger partial charge in [-0.2, -0.15) is 4.68 Å². The molecule has 1 heterocycles. The number of halogens is 2. The molecule has 2 aromatic carbocycles. The van der Waals surface area contributed by atoms with E-state index in [-0.39, 0.29) is 5.84 Å². The highest BCUT2D eigenvalue weighted by Gasteiger charge is 2.28. The molecule has 0 radical (unpaired) electrons. The number of fused-ring (bicyclic) bond motifs is 1. The summed E-state index contributed by atoms with van der Waals surface area (Å²) in [6.45, 7) is 0. The predicted molar refractivity (Wildman–Crippen MR) is 90.8 cm³/mol. The average molecular weight is 395 g/mol. The number of aromatic nitrogens is 3. The van der Waals surface area contributed by atoms with Crippen LogP contribution in [0.25, 0.3) is 11.0 Å². The fourth-order valence-electron chi connectivity index (χ4n) is 1.98. The van der Waals surface area contributed by atoms with Gasteiger partial charge in [0, 0.05) is 9.40 Å². The molecule has 1 aromatic heterocycles. The van der Waals surface area contributed by atoms with Crippen LogP contribution in [0.2, 0.25) is 0 Å². The van der Waals surface area contributed by atoms with Crippen molar-refractivity contribution < 1.29 is 4.92 Å². The van der Waals surface area contributed by atoms with E-state index in [0.717, 1.165) is 4.47 Å². The number of alkyl halides is 1. The SMILES string of the molecule is O=[N+]([O-])[C@@H](Cl)C(=Nc1ccc(Br)cc1)n1nnc2ccccc21. The van der Waals surface area contributed by atoms with Crippen molar-refractivity contribution >= 4 is 50.1 Å². The molecule has 0 saturated carbocycles. The minimum absolute atomic E-state index is 0.0207. The maximum absolute atomic E-state index is 11.1. The highest BCUT2D eigenvalue weighted by atomic mass is 79.9. The zero-order valence-electron chi connectivity index (χ0n) is 11.5. The Bertz CT molecular complexity index is 894. The van der Waals surface area contributed by atoms with E-state index >= 15 is 0 Å². The Balaban J connectivity index is 2.16. The van der Waals surface area contributed by atoms with Gasteiger partial charge < -0.3 is 0 Å². The lowest BCUT2D eigenvalue weighted by molar-refractivity contribution is -0.480. The van der Waals surface area contributed by atoms with E-state index in [1.165, 1.54) is 4.68 Å². The lowest BCUT2D eigenvalue weighted by Gasteiger charge is -2.07. The molecule has 0 fully saturated rings. The molecule has 3 aromatic rings. The van der Waals surface area contributed by atoms with Crippen LogP contribution < -0.4 is 0 Å². The van der Waals surface area contributed by atoms with Crippen molar-refractivity contribution in [3.63, 3.8) is 0 Å². The monoisotopic (exact) mass is 393 g/mol. The van der Waals surface area contributed by atoms with Gasteiger partial charge in [-0.3, -0.25) is 10.1 Å². The summed E-state index contributed by atoms with van der Waals surface area (Å²) in [5, 5.41) is 19.1. The molecule has 0 saturated heterocycles. The van der Waals surface area contributed by atoms with Gasteiger partial charge >= 0.3 is 5.50 Å². The van der Waals surface area contributed by atoms with Gasteiger partial charge in [0.2, 0.25) is 5.84 Å². The molecule has 9 heteroatoms. The topological polar surface area (TPSA) is 86.2 Å². The van der Waals surface area contributed by atoms with Crippen molar-refractivity contribution in [3.05, 3.63) is 63.1 Å². The van der Waals surface area contributed by atoms with Crippen LogP contribution in [0, 0.1) is 10.1 Å². The minimum atomic E-state index is -1.55. The summed E-state index contributed by atoms with van der Waals surface area (Å²) in [6.07, 6.45) is 0. The van der Waals surface area contributed by atoms with E-state index in [0.29, 0.717) is 16.7 Å². The second-order valence-electron chi connectivity index (χ2n) is 4.56. The Hall–Kier alpha value is -2.32. The molecular formula is C14H9BrClN5O2. The van der Waals surface area contributed by atoms with Gasteiger partial charge in [0.05, 0.1) is 11.2 Å². The second kappa shape index (κ2) is 6.43. The Morgan fingerprint density at radius 1 is 1.26 bits per heavy atom. The summed E-state index contributed by atoms with van der Waals surface area (Å²) in [6, 6.07) is 14.1. The van der Waals surface area contributed by atoms with E-state index in [4.69, 9.17) is 11.6 Å². The molecule has 0 aliphatic rings. The maximum Gasteiger partial charge on any atom is 0.345 e. The highest BCUT2D eigenvalue weighted by molar-refractivity contribution is 9.10. The van der Waals surface area contributed by atoms with Gasteiger partial charge in [0.1, 0.15) is 5.52 Å². The number of aliphatic imine (C=N–C) groups is 1. The number of para-hydroxylation sites is 1. The third kappa shape index (κ3) is 3.22. The van der Waals surface area contributed by atoms with Gasteiger partial charge in [-0.25, -0.2) is 4.99 Å². The van der Waals surface area contributed by atoms with Crippen molar-refractivity contribution in [2.24, 2.45) is 4.99 Å². The molecular weight excluding hydrogens is 386 g/mol. The average Bonchev–Trinajstić information content (AvgIpc) is 2.97. The van der Waals surface area contributed by atoms with Crippen LogP contribution >= 0.6 is 27.5 Å². The van der Waals surface area contributed by atoms with Gasteiger partial charge in [0.15, 0.2) is 0 Å².